The van der Waals surface area contributed by atoms with Crippen molar-refractivity contribution in [2.45, 2.75) is 59.8 Å². The maximum Gasteiger partial charge on any atom is -0.0292 e. The lowest BCUT2D eigenvalue weighted by molar-refractivity contribution is 0.417. The van der Waals surface area contributed by atoms with E-state index in [2.05, 4.69) is 33.8 Å². The highest BCUT2D eigenvalue weighted by Gasteiger charge is 2.56. The Morgan fingerprint density at radius 2 is 1.93 bits per heavy atom. The van der Waals surface area contributed by atoms with Crippen LogP contribution in [0.15, 0.2) is 11.6 Å². The zero-order valence-corrected chi connectivity index (χ0v) is 10.8. The fourth-order valence-electron chi connectivity index (χ4n) is 3.55. The van der Waals surface area contributed by atoms with Crippen molar-refractivity contribution < 1.29 is 0 Å². The van der Waals surface area contributed by atoms with Crippen LogP contribution in [0.3, 0.4) is 0 Å². The van der Waals surface area contributed by atoms with Crippen molar-refractivity contribution in [3.8, 4) is 0 Å². The van der Waals surface area contributed by atoms with Crippen molar-refractivity contribution in [2.75, 3.05) is 0 Å². The lowest BCUT2D eigenvalue weighted by Gasteiger charge is -2.12. The molecule has 0 N–H and O–H groups in total. The van der Waals surface area contributed by atoms with Gasteiger partial charge in [-0.3, -0.25) is 0 Å². The van der Waals surface area contributed by atoms with Crippen LogP contribution in [-0.4, -0.2) is 0 Å². The van der Waals surface area contributed by atoms with E-state index in [9.17, 15) is 0 Å². The van der Waals surface area contributed by atoms with Gasteiger partial charge in [0, 0.05) is 0 Å². The van der Waals surface area contributed by atoms with Gasteiger partial charge < -0.3 is 0 Å². The zero-order chi connectivity index (χ0) is 11.1. The fraction of sp³-hybridized carbons (Fsp3) is 0.867. The first kappa shape index (κ1) is 11.2. The maximum absolute atomic E-state index is 2.48. The molecule has 0 nitrogen and oxygen atoms in total. The third kappa shape index (κ3) is 2.29. The predicted molar refractivity (Wildman–Crippen MR) is 66.8 cm³/mol. The van der Waals surface area contributed by atoms with Gasteiger partial charge in [-0.25, -0.2) is 0 Å². The Morgan fingerprint density at radius 1 is 1.20 bits per heavy atom. The largest absolute Gasteiger partial charge is 0.0856 e. The summed E-state index contributed by atoms with van der Waals surface area (Å²) in [4.78, 5) is 0. The molecule has 2 rings (SSSR count). The smallest absolute Gasteiger partial charge is 0.0292 e. The second kappa shape index (κ2) is 3.96. The van der Waals surface area contributed by atoms with Gasteiger partial charge in [-0.15, -0.1) is 0 Å². The van der Waals surface area contributed by atoms with Crippen molar-refractivity contribution >= 4 is 0 Å². The van der Waals surface area contributed by atoms with Gasteiger partial charge in [0.25, 0.3) is 0 Å². The molecule has 2 aliphatic rings. The highest BCUT2D eigenvalue weighted by Crippen LogP contribution is 2.63. The summed E-state index contributed by atoms with van der Waals surface area (Å²) in [6.07, 6.45) is 9.45. The second-order valence-electron chi connectivity index (χ2n) is 6.54. The Morgan fingerprint density at radius 3 is 2.67 bits per heavy atom. The first-order valence-corrected chi connectivity index (χ1v) is 6.67. The lowest BCUT2D eigenvalue weighted by Crippen LogP contribution is -2.00. The second-order valence-corrected chi connectivity index (χ2v) is 6.54. The number of rotatable bonds is 0. The summed E-state index contributed by atoms with van der Waals surface area (Å²) in [5.41, 5.74) is 2.28. The lowest BCUT2D eigenvalue weighted by atomic mass is 9.94. The topological polar surface area (TPSA) is 0 Å². The molecular weight excluding hydrogens is 180 g/mol. The van der Waals surface area contributed by atoms with Crippen molar-refractivity contribution in [1.29, 1.82) is 0 Å². The van der Waals surface area contributed by atoms with Crippen molar-refractivity contribution in [3.05, 3.63) is 11.6 Å². The molecule has 86 valence electrons. The third-order valence-electron chi connectivity index (χ3n) is 4.95. The average molecular weight is 206 g/mol. The summed E-state index contributed by atoms with van der Waals surface area (Å²) in [6, 6.07) is 0. The maximum atomic E-state index is 2.48. The van der Waals surface area contributed by atoms with Gasteiger partial charge in [-0.05, 0) is 62.2 Å². The van der Waals surface area contributed by atoms with Gasteiger partial charge in [0.1, 0.15) is 0 Å². The van der Waals surface area contributed by atoms with Crippen LogP contribution in [0.25, 0.3) is 0 Å². The Bertz CT molecular complexity index is 259. The summed E-state index contributed by atoms with van der Waals surface area (Å²) in [7, 11) is 0. The summed E-state index contributed by atoms with van der Waals surface area (Å²) in [6.45, 7) is 9.71. The molecule has 2 aliphatic carbocycles. The van der Waals surface area contributed by atoms with Crippen LogP contribution >= 0.6 is 0 Å². The molecule has 0 aromatic heterocycles. The van der Waals surface area contributed by atoms with Gasteiger partial charge in [0.05, 0.1) is 0 Å². The highest BCUT2D eigenvalue weighted by atomic mass is 14.6. The number of hydrogen-bond acceptors (Lipinski definition) is 0. The van der Waals surface area contributed by atoms with Crippen molar-refractivity contribution in [3.63, 3.8) is 0 Å². The molecule has 1 fully saturated rings. The Kier molecular flexibility index (Phi) is 2.96. The van der Waals surface area contributed by atoms with Gasteiger partial charge >= 0.3 is 0 Å². The van der Waals surface area contributed by atoms with Gasteiger partial charge in [0.2, 0.25) is 0 Å². The van der Waals surface area contributed by atoms with Gasteiger partial charge in [-0.2, -0.15) is 0 Å². The first-order chi connectivity index (χ1) is 7.01. The van der Waals surface area contributed by atoms with Gasteiger partial charge in [-0.1, -0.05) is 32.4 Å². The van der Waals surface area contributed by atoms with E-state index in [1.807, 2.05) is 0 Å². The molecule has 0 amide bonds. The molecule has 15 heavy (non-hydrogen) atoms. The summed E-state index contributed by atoms with van der Waals surface area (Å²) in [5, 5.41) is 0. The van der Waals surface area contributed by atoms with Crippen LogP contribution < -0.4 is 0 Å². The fourth-order valence-corrected chi connectivity index (χ4v) is 3.55. The zero-order valence-electron chi connectivity index (χ0n) is 10.8. The van der Waals surface area contributed by atoms with Crippen LogP contribution in [-0.2, 0) is 0 Å². The minimum Gasteiger partial charge on any atom is -0.0856 e. The van der Waals surface area contributed by atoms with E-state index in [1.54, 1.807) is 5.57 Å². The number of fused-ring (bicyclic) bond motifs is 1. The molecule has 3 unspecified atom stereocenters. The third-order valence-corrected chi connectivity index (χ3v) is 4.95. The van der Waals surface area contributed by atoms with E-state index in [0.717, 1.165) is 17.8 Å². The number of allylic oxidation sites excluding steroid dienone is 2. The first-order valence-electron chi connectivity index (χ1n) is 6.67. The molecule has 0 saturated heterocycles. The summed E-state index contributed by atoms with van der Waals surface area (Å²) < 4.78 is 0. The number of hydrogen-bond donors (Lipinski definition) is 0. The molecule has 0 heteroatoms. The Hall–Kier alpha value is -0.260. The molecule has 1 saturated carbocycles. The summed E-state index contributed by atoms with van der Waals surface area (Å²) in [5.74, 6) is 2.97. The van der Waals surface area contributed by atoms with Crippen LogP contribution in [0.4, 0.5) is 0 Å². The van der Waals surface area contributed by atoms with Crippen LogP contribution in [0.1, 0.15) is 59.8 Å². The molecule has 0 aromatic rings. The molecule has 0 aliphatic heterocycles. The molecule has 0 radical (unpaired) electrons. The van der Waals surface area contributed by atoms with Gasteiger partial charge in [0.15, 0.2) is 0 Å². The van der Waals surface area contributed by atoms with E-state index >= 15 is 0 Å². The average Bonchev–Trinajstić information content (AvgIpc) is 2.65. The highest BCUT2D eigenvalue weighted by molar-refractivity contribution is 5.08. The predicted octanol–water partition coefficient (Wildman–Crippen LogP) is 4.81. The summed E-state index contributed by atoms with van der Waals surface area (Å²) >= 11 is 0. The van der Waals surface area contributed by atoms with E-state index in [0.29, 0.717) is 5.41 Å². The molecule has 0 aromatic carbocycles. The molecule has 3 atom stereocenters. The molecule has 0 bridgehead atoms. The van der Waals surface area contributed by atoms with E-state index in [1.165, 1.54) is 32.1 Å². The van der Waals surface area contributed by atoms with Crippen LogP contribution in [0.2, 0.25) is 0 Å². The molecule has 0 heterocycles. The van der Waals surface area contributed by atoms with E-state index in [4.69, 9.17) is 0 Å². The minimum atomic E-state index is 0.652. The van der Waals surface area contributed by atoms with E-state index in [-0.39, 0.29) is 0 Å². The molecule has 0 spiro atoms. The van der Waals surface area contributed by atoms with Crippen LogP contribution in [0, 0.1) is 23.2 Å². The monoisotopic (exact) mass is 206 g/mol. The minimum absolute atomic E-state index is 0.652. The van der Waals surface area contributed by atoms with Crippen molar-refractivity contribution in [1.82, 2.24) is 0 Å². The van der Waals surface area contributed by atoms with E-state index < -0.39 is 0 Å². The molecular formula is C15H26. The van der Waals surface area contributed by atoms with Crippen LogP contribution in [0.5, 0.6) is 0 Å². The van der Waals surface area contributed by atoms with Crippen molar-refractivity contribution in [2.24, 2.45) is 23.2 Å². The standard InChI is InChI=1S/C15H26/c1-11-6-5-7-12(2)10-14-13(9-8-11)15(14,3)4/h6,12-14H,5,7-10H2,1-4H3/b11-6+. The Balaban J connectivity index is 2.03. The normalized spacial score (nSPS) is 43.7. The Labute approximate surface area is 95.1 Å². The quantitative estimate of drug-likeness (QED) is 0.499. The SMILES string of the molecule is C/C1=C\CCC(C)CC2C(CC1)C2(C)C.